The van der Waals surface area contributed by atoms with Gasteiger partial charge in [-0.1, -0.05) is 29.8 Å². The van der Waals surface area contributed by atoms with Crippen molar-refractivity contribution in [2.45, 2.75) is 13.8 Å². The van der Waals surface area contributed by atoms with Crippen molar-refractivity contribution >= 4 is 0 Å². The van der Waals surface area contributed by atoms with E-state index in [1.54, 1.807) is 6.20 Å². The largest absolute Gasteiger partial charge is 0.261 e. The lowest BCUT2D eigenvalue weighted by molar-refractivity contribution is 1.19. The highest BCUT2D eigenvalue weighted by molar-refractivity contribution is 5.69. The molecule has 16 heavy (non-hydrogen) atoms. The van der Waals surface area contributed by atoms with Crippen molar-refractivity contribution < 1.29 is 0 Å². The minimum absolute atomic E-state index is 0.677. The van der Waals surface area contributed by atoms with Gasteiger partial charge in [-0.3, -0.25) is 4.98 Å². The van der Waals surface area contributed by atoms with Gasteiger partial charge in [-0.25, -0.2) is 0 Å². The summed E-state index contributed by atoms with van der Waals surface area (Å²) in [5, 5.41) is 9.08. The maximum absolute atomic E-state index is 9.08. The fourth-order valence-corrected chi connectivity index (χ4v) is 1.62. The van der Waals surface area contributed by atoms with Crippen LogP contribution in [0.3, 0.4) is 0 Å². The van der Waals surface area contributed by atoms with Crippen LogP contribution in [-0.4, -0.2) is 4.98 Å². The third-order valence-electron chi connectivity index (χ3n) is 2.52. The molecule has 0 aliphatic heterocycles. The maximum Gasteiger partial charge on any atom is 0.0999 e. The Morgan fingerprint density at radius 2 is 1.81 bits per heavy atom. The van der Waals surface area contributed by atoms with Crippen LogP contribution in [0.2, 0.25) is 0 Å². The van der Waals surface area contributed by atoms with Gasteiger partial charge in [0.1, 0.15) is 0 Å². The molecule has 2 heteroatoms. The summed E-state index contributed by atoms with van der Waals surface area (Å²) in [7, 11) is 0. The molecule has 2 aromatic rings. The van der Waals surface area contributed by atoms with Crippen molar-refractivity contribution in [1.29, 1.82) is 5.26 Å². The third kappa shape index (κ3) is 1.94. The Balaban J connectivity index is 2.56. The Hall–Kier alpha value is -2.14. The van der Waals surface area contributed by atoms with Gasteiger partial charge < -0.3 is 0 Å². The number of aromatic nitrogens is 1. The Kier molecular flexibility index (Phi) is 2.70. The summed E-state index contributed by atoms with van der Waals surface area (Å²) >= 11 is 0. The average molecular weight is 208 g/mol. The van der Waals surface area contributed by atoms with Gasteiger partial charge in [0.2, 0.25) is 0 Å². The van der Waals surface area contributed by atoms with Crippen LogP contribution in [0.25, 0.3) is 11.1 Å². The second-order valence-electron chi connectivity index (χ2n) is 3.85. The van der Waals surface area contributed by atoms with Crippen LogP contribution >= 0.6 is 0 Å². The molecular formula is C14H12N2. The smallest absolute Gasteiger partial charge is 0.0999 e. The van der Waals surface area contributed by atoms with E-state index in [1.165, 1.54) is 5.56 Å². The van der Waals surface area contributed by atoms with E-state index < -0.39 is 0 Å². The zero-order valence-electron chi connectivity index (χ0n) is 9.36. The topological polar surface area (TPSA) is 36.7 Å². The zero-order chi connectivity index (χ0) is 11.5. The van der Waals surface area contributed by atoms with Crippen molar-refractivity contribution in [3.8, 4) is 17.2 Å². The molecule has 0 spiro atoms. The fourth-order valence-electron chi connectivity index (χ4n) is 1.62. The first-order valence-electron chi connectivity index (χ1n) is 5.14. The minimum Gasteiger partial charge on any atom is -0.261 e. The Morgan fingerprint density at radius 1 is 1.12 bits per heavy atom. The SMILES string of the molecule is Cc1ccc(-c2cnc(C)cc2C#N)cc1. The molecule has 2 nitrogen and oxygen atoms in total. The lowest BCUT2D eigenvalue weighted by Gasteiger charge is -2.04. The molecular weight excluding hydrogens is 196 g/mol. The molecule has 0 unspecified atom stereocenters. The van der Waals surface area contributed by atoms with Gasteiger partial charge in [0.05, 0.1) is 11.6 Å². The molecule has 1 heterocycles. The number of pyridine rings is 1. The predicted molar refractivity (Wildman–Crippen MR) is 63.9 cm³/mol. The highest BCUT2D eigenvalue weighted by Gasteiger charge is 2.05. The summed E-state index contributed by atoms with van der Waals surface area (Å²) in [6.07, 6.45) is 1.76. The summed E-state index contributed by atoms with van der Waals surface area (Å²) in [6, 6.07) is 12.1. The summed E-state index contributed by atoms with van der Waals surface area (Å²) in [6.45, 7) is 3.93. The molecule has 0 saturated carbocycles. The molecule has 2 rings (SSSR count). The lowest BCUT2D eigenvalue weighted by atomic mass is 10.0. The van der Waals surface area contributed by atoms with Gasteiger partial charge >= 0.3 is 0 Å². The molecule has 0 aliphatic carbocycles. The highest BCUT2D eigenvalue weighted by Crippen LogP contribution is 2.23. The Bertz CT molecular complexity index is 548. The first kappa shape index (κ1) is 10.4. The van der Waals surface area contributed by atoms with Crippen molar-refractivity contribution in [1.82, 2.24) is 4.98 Å². The van der Waals surface area contributed by atoms with Gasteiger partial charge in [0.15, 0.2) is 0 Å². The quantitative estimate of drug-likeness (QED) is 0.721. The number of rotatable bonds is 1. The molecule has 0 N–H and O–H groups in total. The molecule has 0 amide bonds. The Labute approximate surface area is 95.2 Å². The van der Waals surface area contributed by atoms with Crippen LogP contribution in [-0.2, 0) is 0 Å². The standard InChI is InChI=1S/C14H12N2/c1-10-3-5-12(6-4-10)14-9-16-11(2)7-13(14)8-15/h3-7,9H,1-2H3. The van der Waals surface area contributed by atoms with E-state index in [9.17, 15) is 0 Å². The average Bonchev–Trinajstić information content (AvgIpc) is 2.30. The van der Waals surface area contributed by atoms with Gasteiger partial charge in [-0.05, 0) is 25.5 Å². The summed E-state index contributed by atoms with van der Waals surface area (Å²) in [4.78, 5) is 4.24. The number of hydrogen-bond acceptors (Lipinski definition) is 2. The number of nitrogens with zero attached hydrogens (tertiary/aromatic N) is 2. The molecule has 0 aliphatic rings. The first-order chi connectivity index (χ1) is 7.70. The van der Waals surface area contributed by atoms with Gasteiger partial charge in [-0.2, -0.15) is 5.26 Å². The van der Waals surface area contributed by atoms with E-state index >= 15 is 0 Å². The predicted octanol–water partition coefficient (Wildman–Crippen LogP) is 3.24. The van der Waals surface area contributed by atoms with Crippen molar-refractivity contribution in [3.05, 3.63) is 53.3 Å². The number of benzene rings is 1. The molecule has 0 fully saturated rings. The molecule has 0 bridgehead atoms. The van der Waals surface area contributed by atoms with E-state index in [-0.39, 0.29) is 0 Å². The molecule has 78 valence electrons. The van der Waals surface area contributed by atoms with Crippen molar-refractivity contribution in [3.63, 3.8) is 0 Å². The number of nitriles is 1. The van der Waals surface area contributed by atoms with Crippen LogP contribution in [0.5, 0.6) is 0 Å². The maximum atomic E-state index is 9.08. The molecule has 0 radical (unpaired) electrons. The first-order valence-corrected chi connectivity index (χ1v) is 5.14. The van der Waals surface area contributed by atoms with Crippen LogP contribution in [0, 0.1) is 25.2 Å². The minimum atomic E-state index is 0.677. The van der Waals surface area contributed by atoms with E-state index in [0.717, 1.165) is 16.8 Å². The van der Waals surface area contributed by atoms with Crippen molar-refractivity contribution in [2.24, 2.45) is 0 Å². The van der Waals surface area contributed by atoms with Crippen LogP contribution < -0.4 is 0 Å². The van der Waals surface area contributed by atoms with E-state index in [0.29, 0.717) is 5.56 Å². The molecule has 0 saturated heterocycles. The summed E-state index contributed by atoms with van der Waals surface area (Å²) in [5.41, 5.74) is 4.69. The van der Waals surface area contributed by atoms with Gasteiger partial charge in [0.25, 0.3) is 0 Å². The van der Waals surface area contributed by atoms with Crippen LogP contribution in [0.4, 0.5) is 0 Å². The van der Waals surface area contributed by atoms with E-state index in [1.807, 2.05) is 44.2 Å². The van der Waals surface area contributed by atoms with Crippen LogP contribution in [0.15, 0.2) is 36.5 Å². The Morgan fingerprint density at radius 3 is 2.44 bits per heavy atom. The monoisotopic (exact) mass is 208 g/mol. The fraction of sp³-hybridized carbons (Fsp3) is 0.143. The second-order valence-corrected chi connectivity index (χ2v) is 3.85. The normalized spacial score (nSPS) is 9.81. The van der Waals surface area contributed by atoms with Gasteiger partial charge in [0, 0.05) is 17.5 Å². The highest BCUT2D eigenvalue weighted by atomic mass is 14.7. The van der Waals surface area contributed by atoms with Crippen molar-refractivity contribution in [2.75, 3.05) is 0 Å². The number of aryl methyl sites for hydroxylation is 2. The molecule has 0 atom stereocenters. The van der Waals surface area contributed by atoms with Gasteiger partial charge in [-0.15, -0.1) is 0 Å². The summed E-state index contributed by atoms with van der Waals surface area (Å²) < 4.78 is 0. The molecule has 1 aromatic heterocycles. The number of hydrogen-bond donors (Lipinski definition) is 0. The molecule has 1 aromatic carbocycles. The zero-order valence-corrected chi connectivity index (χ0v) is 9.36. The van der Waals surface area contributed by atoms with E-state index in [4.69, 9.17) is 5.26 Å². The van der Waals surface area contributed by atoms with E-state index in [2.05, 4.69) is 11.1 Å². The third-order valence-corrected chi connectivity index (χ3v) is 2.52. The second kappa shape index (κ2) is 4.16. The lowest BCUT2D eigenvalue weighted by Crippen LogP contribution is -1.89. The summed E-state index contributed by atoms with van der Waals surface area (Å²) in [5.74, 6) is 0. The van der Waals surface area contributed by atoms with Crippen LogP contribution in [0.1, 0.15) is 16.8 Å².